The molecule has 0 fully saturated rings. The van der Waals surface area contributed by atoms with Crippen LogP contribution in [-0.2, 0) is 50.7 Å². The number of halogens is 5. The minimum Gasteiger partial charge on any atom is -0.497 e. The number of aryl methyl sites for hydroxylation is 2. The third-order valence-corrected chi connectivity index (χ3v) is 12.6. The lowest BCUT2D eigenvalue weighted by Crippen LogP contribution is -2.48. The molecular weight excluding hydrogens is 1010 g/mol. The molecule has 5 aromatic carbocycles. The Balaban J connectivity index is 0.000000483. The second-order valence-electron chi connectivity index (χ2n) is 14.7. The SMILES string of the molecule is CCOC(=O)COC(OCO)C1C=CC=C(CC)C1(c1cc(OS(=O)(=O)C(F)(F)F)c2ccc(Br)cc2c1)c1c(C)cc2ccc(Br)cc2c1C.COc1ccc(COCC(=O)O)cc1. The number of carboxylic acid groups (broad SMARTS) is 1. The summed E-state index contributed by atoms with van der Waals surface area (Å²) in [6.07, 6.45) is 4.55. The van der Waals surface area contributed by atoms with E-state index in [1.165, 1.54) is 12.1 Å². The number of fused-ring (bicyclic) bond motifs is 2. The van der Waals surface area contributed by atoms with Gasteiger partial charge in [-0.1, -0.05) is 86.9 Å². The lowest BCUT2D eigenvalue weighted by molar-refractivity contribution is -0.211. The van der Waals surface area contributed by atoms with Crippen LogP contribution in [0.1, 0.15) is 48.1 Å². The number of hydrogen-bond acceptors (Lipinski definition) is 11. The number of rotatable bonds is 17. The van der Waals surface area contributed by atoms with E-state index in [1.807, 2.05) is 63.2 Å². The summed E-state index contributed by atoms with van der Waals surface area (Å²) in [6.45, 7) is 6.22. The first kappa shape index (κ1) is 51.2. The van der Waals surface area contributed by atoms with Crippen LogP contribution in [0.15, 0.2) is 112 Å². The van der Waals surface area contributed by atoms with Crippen molar-refractivity contribution in [2.45, 2.75) is 57.9 Å². The number of esters is 1. The summed E-state index contributed by atoms with van der Waals surface area (Å²) in [6, 6.07) is 22.9. The van der Waals surface area contributed by atoms with E-state index < -0.39 is 64.3 Å². The molecule has 2 N–H and O–H groups in total. The standard InChI is InChI=1S/C37H35Br2F3O8S.C10H12O4/c1-5-25-8-7-9-31(35(49-20-43)48-19-33(44)47-6-2)36(25,34-21(3)14-23-10-11-28(39)18-30(23)22(34)4)26-15-24-16-27(38)12-13-29(24)32(17-26)50-51(45,46)37(40,41)42;1-13-9-4-2-8(3-5-9)6-14-7-10(11)12/h7-18,31,35,43H,5-6,19-20H2,1-4H3;2-5H,6-7H2,1H3,(H,11,12). The second-order valence-corrected chi connectivity index (χ2v) is 18.0. The first-order chi connectivity index (χ1) is 30.8. The summed E-state index contributed by atoms with van der Waals surface area (Å²) >= 11 is 7.01. The Labute approximate surface area is 391 Å². The number of ether oxygens (including phenoxy) is 5. The Kier molecular flexibility index (Phi) is 17.4. The molecule has 65 heavy (non-hydrogen) atoms. The summed E-state index contributed by atoms with van der Waals surface area (Å²) in [5.74, 6) is -2.29. The van der Waals surface area contributed by atoms with Gasteiger partial charge in [0.2, 0.25) is 0 Å². The lowest BCUT2D eigenvalue weighted by atomic mass is 9.56. The van der Waals surface area contributed by atoms with Crippen molar-refractivity contribution in [1.82, 2.24) is 0 Å². The van der Waals surface area contributed by atoms with Crippen LogP contribution in [0.3, 0.4) is 0 Å². The molecule has 0 aliphatic heterocycles. The van der Waals surface area contributed by atoms with Gasteiger partial charge in [-0.05, 0) is 126 Å². The first-order valence-electron chi connectivity index (χ1n) is 20.1. The molecule has 348 valence electrons. The van der Waals surface area contributed by atoms with Crippen molar-refractivity contribution < 1.29 is 69.3 Å². The van der Waals surface area contributed by atoms with Gasteiger partial charge in [-0.3, -0.25) is 0 Å². The van der Waals surface area contributed by atoms with Crippen LogP contribution in [0.5, 0.6) is 11.5 Å². The molecule has 5 aromatic rings. The molecule has 0 heterocycles. The minimum absolute atomic E-state index is 0.102. The van der Waals surface area contributed by atoms with Crippen LogP contribution in [0.25, 0.3) is 21.5 Å². The normalized spacial score (nSPS) is 16.7. The van der Waals surface area contributed by atoms with E-state index in [0.29, 0.717) is 28.5 Å². The predicted octanol–water partition coefficient (Wildman–Crippen LogP) is 10.3. The average molecular weight is 1050 g/mol. The van der Waals surface area contributed by atoms with Gasteiger partial charge in [0.1, 0.15) is 25.8 Å². The molecule has 0 saturated carbocycles. The van der Waals surface area contributed by atoms with Gasteiger partial charge in [-0.2, -0.15) is 21.6 Å². The number of benzene rings is 5. The molecule has 0 aromatic heterocycles. The summed E-state index contributed by atoms with van der Waals surface area (Å²) in [5, 5.41) is 20.7. The van der Waals surface area contributed by atoms with Crippen molar-refractivity contribution >= 4 is 75.5 Å². The Bertz CT molecular complexity index is 2690. The number of methoxy groups -OCH3 is 1. The van der Waals surface area contributed by atoms with Gasteiger partial charge in [0.05, 0.1) is 25.7 Å². The molecule has 0 bridgehead atoms. The number of carboxylic acids is 1. The van der Waals surface area contributed by atoms with E-state index in [1.54, 1.807) is 56.5 Å². The lowest BCUT2D eigenvalue weighted by Gasteiger charge is -2.48. The number of hydrogen-bond donors (Lipinski definition) is 2. The highest BCUT2D eigenvalue weighted by atomic mass is 79.9. The zero-order valence-corrected chi connectivity index (χ0v) is 39.9. The van der Waals surface area contributed by atoms with Crippen molar-refractivity contribution in [2.75, 3.05) is 33.7 Å². The van der Waals surface area contributed by atoms with E-state index >= 15 is 0 Å². The maximum absolute atomic E-state index is 13.8. The van der Waals surface area contributed by atoms with Gasteiger partial charge in [-0.15, -0.1) is 0 Å². The Morgan fingerprint density at radius 2 is 1.57 bits per heavy atom. The number of alkyl halides is 3. The monoisotopic (exact) mass is 1050 g/mol. The molecule has 12 nitrogen and oxygen atoms in total. The fraction of sp³-hybridized carbons (Fsp3) is 0.319. The van der Waals surface area contributed by atoms with E-state index in [0.717, 1.165) is 48.8 Å². The summed E-state index contributed by atoms with van der Waals surface area (Å²) in [5.41, 5.74) is -2.66. The minimum atomic E-state index is -6.09. The molecule has 1 aliphatic rings. The van der Waals surface area contributed by atoms with Gasteiger partial charge >= 0.3 is 27.6 Å². The molecule has 1 aliphatic carbocycles. The fourth-order valence-corrected chi connectivity index (χ4v) is 9.28. The van der Waals surface area contributed by atoms with E-state index in [4.69, 9.17) is 33.0 Å². The first-order valence-corrected chi connectivity index (χ1v) is 23.0. The Morgan fingerprint density at radius 1 is 0.877 bits per heavy atom. The summed E-state index contributed by atoms with van der Waals surface area (Å²) in [7, 11) is -4.50. The van der Waals surface area contributed by atoms with Crippen LogP contribution >= 0.6 is 31.9 Å². The topological polar surface area (TPSA) is 164 Å². The van der Waals surface area contributed by atoms with Crippen molar-refractivity contribution in [2.24, 2.45) is 5.92 Å². The Morgan fingerprint density at radius 3 is 2.20 bits per heavy atom. The number of carbonyl (C=O) groups is 2. The number of allylic oxidation sites excluding steroid dienone is 3. The van der Waals surface area contributed by atoms with Crippen molar-refractivity contribution in [1.29, 1.82) is 0 Å². The van der Waals surface area contributed by atoms with Crippen LogP contribution in [0.4, 0.5) is 13.2 Å². The smallest absolute Gasteiger partial charge is 0.497 e. The maximum atomic E-state index is 13.8. The predicted molar refractivity (Wildman–Crippen MR) is 245 cm³/mol. The molecule has 0 spiro atoms. The van der Waals surface area contributed by atoms with Crippen LogP contribution < -0.4 is 8.92 Å². The van der Waals surface area contributed by atoms with Gasteiger partial charge < -0.3 is 38.1 Å². The van der Waals surface area contributed by atoms with Crippen LogP contribution in [-0.4, -0.2) is 76.1 Å². The van der Waals surface area contributed by atoms with Gasteiger partial charge in [0.25, 0.3) is 0 Å². The zero-order chi connectivity index (χ0) is 47.7. The van der Waals surface area contributed by atoms with Crippen molar-refractivity contribution in [3.8, 4) is 11.5 Å². The van der Waals surface area contributed by atoms with E-state index in [-0.39, 0.29) is 18.6 Å². The fourth-order valence-electron chi connectivity index (χ4n) is 8.07. The highest BCUT2D eigenvalue weighted by molar-refractivity contribution is 9.10. The average Bonchev–Trinajstić information content (AvgIpc) is 3.25. The summed E-state index contributed by atoms with van der Waals surface area (Å²) in [4.78, 5) is 22.7. The third-order valence-electron chi connectivity index (χ3n) is 10.6. The van der Waals surface area contributed by atoms with Crippen molar-refractivity contribution in [3.05, 3.63) is 139 Å². The molecular formula is C47H47Br2F3O12S. The highest BCUT2D eigenvalue weighted by Gasteiger charge is 2.52. The number of aliphatic hydroxyl groups is 1. The summed E-state index contributed by atoms with van der Waals surface area (Å²) < 4.78 is 99.6. The zero-order valence-electron chi connectivity index (χ0n) is 35.9. The van der Waals surface area contributed by atoms with E-state index in [2.05, 4.69) is 31.9 Å². The maximum Gasteiger partial charge on any atom is 0.534 e. The van der Waals surface area contributed by atoms with Crippen LogP contribution in [0, 0.1) is 19.8 Å². The second kappa shape index (κ2) is 22.1. The number of aliphatic carboxylic acids is 1. The van der Waals surface area contributed by atoms with Gasteiger partial charge in [0, 0.05) is 20.2 Å². The third kappa shape index (κ3) is 11.8. The molecule has 0 amide bonds. The highest BCUT2D eigenvalue weighted by Crippen LogP contribution is 2.55. The molecule has 0 radical (unpaired) electrons. The number of aliphatic hydroxyl groups excluding tert-OH is 1. The molecule has 3 atom stereocenters. The molecule has 3 unspecified atom stereocenters. The molecule has 6 rings (SSSR count). The van der Waals surface area contributed by atoms with Gasteiger partial charge in [-0.25, -0.2) is 9.59 Å². The number of carbonyl (C=O) groups excluding carboxylic acids is 1. The van der Waals surface area contributed by atoms with Crippen molar-refractivity contribution in [3.63, 3.8) is 0 Å². The quantitative estimate of drug-likeness (QED) is 0.0393. The van der Waals surface area contributed by atoms with Gasteiger partial charge in [0.15, 0.2) is 12.0 Å². The van der Waals surface area contributed by atoms with E-state index in [9.17, 15) is 36.3 Å². The Hall–Kier alpha value is -4.82. The van der Waals surface area contributed by atoms with Crippen LogP contribution in [0.2, 0.25) is 0 Å². The largest absolute Gasteiger partial charge is 0.534 e. The molecule has 18 heteroatoms. The molecule has 0 saturated heterocycles.